The predicted octanol–water partition coefficient (Wildman–Crippen LogP) is -0.331. The van der Waals surface area contributed by atoms with Crippen molar-refractivity contribution in [2.75, 3.05) is 5.84 Å². The van der Waals surface area contributed by atoms with Crippen LogP contribution >= 0.6 is 0 Å². The molecule has 1 aromatic heterocycles. The van der Waals surface area contributed by atoms with E-state index in [2.05, 4.69) is 5.92 Å². The zero-order valence-corrected chi connectivity index (χ0v) is 4.91. The molecule has 0 fully saturated rings. The largest absolute Gasteiger partial charge is 0.285 e. The lowest BCUT2D eigenvalue weighted by molar-refractivity contribution is -0.641. The fourth-order valence-corrected chi connectivity index (χ4v) is 0.578. The first-order valence-corrected chi connectivity index (χ1v) is 2.57. The molecule has 0 aliphatic heterocycles. The Morgan fingerprint density at radius 2 is 2.33 bits per heavy atom. The van der Waals surface area contributed by atoms with Gasteiger partial charge in [0, 0.05) is 18.1 Å². The summed E-state index contributed by atoms with van der Waals surface area (Å²) in [5.41, 5.74) is 0.678. The maximum atomic E-state index is 5.41. The molecule has 9 heavy (non-hydrogen) atoms. The number of aromatic nitrogens is 1. The lowest BCUT2D eigenvalue weighted by Crippen LogP contribution is -2.46. The lowest BCUT2D eigenvalue weighted by atomic mass is 10.4. The van der Waals surface area contributed by atoms with Crippen LogP contribution in [0, 0.1) is 12.3 Å². The Hall–Kier alpha value is -1.49. The number of hydrogen-bond donors (Lipinski definition) is 1. The van der Waals surface area contributed by atoms with Crippen LogP contribution in [-0.4, -0.2) is 0 Å². The number of nitrogen functional groups attached to an aromatic ring is 1. The van der Waals surface area contributed by atoms with Crippen molar-refractivity contribution < 1.29 is 4.68 Å². The summed E-state index contributed by atoms with van der Waals surface area (Å²) in [6.45, 7) is 0. The molecule has 0 aliphatic rings. The second kappa shape index (κ2) is 2.19. The van der Waals surface area contributed by atoms with E-state index in [1.807, 2.05) is 12.1 Å². The molecule has 0 bridgehead atoms. The Bertz CT molecular complexity index is 247. The fourth-order valence-electron chi connectivity index (χ4n) is 0.578. The highest BCUT2D eigenvalue weighted by Gasteiger charge is 1.97. The third-order valence-corrected chi connectivity index (χ3v) is 1.04. The van der Waals surface area contributed by atoms with Gasteiger partial charge in [0.25, 0.3) is 5.69 Å². The molecule has 0 atom stereocenters. The highest BCUT2D eigenvalue weighted by atomic mass is 15.3. The van der Waals surface area contributed by atoms with Crippen molar-refractivity contribution in [2.45, 2.75) is 0 Å². The smallest absolute Gasteiger partial charge is 0.204 e. The number of rotatable bonds is 0. The maximum absolute atomic E-state index is 5.41. The second-order valence-corrected chi connectivity index (χ2v) is 1.64. The molecule has 1 heterocycles. The average molecular weight is 119 g/mol. The van der Waals surface area contributed by atoms with Gasteiger partial charge >= 0.3 is 0 Å². The van der Waals surface area contributed by atoms with Gasteiger partial charge in [0.1, 0.15) is 0 Å². The van der Waals surface area contributed by atoms with E-state index in [9.17, 15) is 0 Å². The van der Waals surface area contributed by atoms with E-state index in [0.717, 1.165) is 0 Å². The Kier molecular flexibility index (Phi) is 1.37. The van der Waals surface area contributed by atoms with E-state index in [0.29, 0.717) is 5.69 Å². The maximum Gasteiger partial charge on any atom is 0.285 e. The zero-order valence-electron chi connectivity index (χ0n) is 4.91. The number of pyridine rings is 1. The molecule has 1 rings (SSSR count). The van der Waals surface area contributed by atoms with Crippen molar-refractivity contribution in [3.05, 3.63) is 30.1 Å². The van der Waals surface area contributed by atoms with Gasteiger partial charge in [-0.3, -0.25) is 0 Å². The molecule has 2 heteroatoms. The van der Waals surface area contributed by atoms with Gasteiger partial charge in [-0.25, -0.2) is 5.84 Å². The minimum Gasteiger partial charge on any atom is -0.204 e. The molecule has 0 spiro atoms. The zero-order chi connectivity index (χ0) is 6.69. The van der Waals surface area contributed by atoms with Crippen molar-refractivity contribution in [1.29, 1.82) is 0 Å². The van der Waals surface area contributed by atoms with Crippen molar-refractivity contribution in [1.82, 2.24) is 0 Å². The summed E-state index contributed by atoms with van der Waals surface area (Å²) < 4.78 is 1.40. The van der Waals surface area contributed by atoms with Gasteiger partial charge < -0.3 is 0 Å². The Morgan fingerprint density at radius 3 is 2.78 bits per heavy atom. The third-order valence-electron chi connectivity index (χ3n) is 1.04. The summed E-state index contributed by atoms with van der Waals surface area (Å²) in [6, 6.07) is 5.44. The molecule has 0 aromatic carbocycles. The molecule has 0 amide bonds. The molecular formula is C7H7N2+. The Morgan fingerprint density at radius 1 is 1.56 bits per heavy atom. The van der Waals surface area contributed by atoms with Crippen molar-refractivity contribution in [3.8, 4) is 12.3 Å². The monoisotopic (exact) mass is 119 g/mol. The minimum atomic E-state index is 0.678. The van der Waals surface area contributed by atoms with Crippen LogP contribution in [0.15, 0.2) is 24.4 Å². The van der Waals surface area contributed by atoms with Crippen LogP contribution in [0.1, 0.15) is 5.69 Å². The van der Waals surface area contributed by atoms with Crippen LogP contribution in [0.4, 0.5) is 0 Å². The molecule has 0 aliphatic carbocycles. The second-order valence-electron chi connectivity index (χ2n) is 1.64. The standard InChI is InChI=1S/C7H7N2/c1-2-7-5-3-4-6-9(7)8/h1,3-6H,8H2/q+1. The average Bonchev–Trinajstić information content (AvgIpc) is 1.89. The number of nitrogens with two attached hydrogens (primary N) is 1. The van der Waals surface area contributed by atoms with Crippen LogP contribution in [0.2, 0.25) is 0 Å². The van der Waals surface area contributed by atoms with E-state index in [-0.39, 0.29) is 0 Å². The van der Waals surface area contributed by atoms with Gasteiger partial charge in [-0.15, -0.1) is 6.42 Å². The first-order valence-electron chi connectivity index (χ1n) is 2.57. The Labute approximate surface area is 53.9 Å². The summed E-state index contributed by atoms with van der Waals surface area (Å²) in [5.74, 6) is 7.84. The quantitative estimate of drug-likeness (QED) is 0.283. The summed E-state index contributed by atoms with van der Waals surface area (Å²) in [5, 5.41) is 0. The summed E-state index contributed by atoms with van der Waals surface area (Å²) in [6.07, 6.45) is 6.80. The number of nitrogens with zero attached hydrogens (tertiary/aromatic N) is 1. The van der Waals surface area contributed by atoms with Gasteiger partial charge in [0.05, 0.1) is 0 Å². The van der Waals surface area contributed by atoms with Crippen LogP contribution in [0.25, 0.3) is 0 Å². The SMILES string of the molecule is C#Cc1cccc[n+]1N. The number of hydrogen-bond acceptors (Lipinski definition) is 1. The number of terminal acetylenes is 1. The normalized spacial score (nSPS) is 8.33. The lowest BCUT2D eigenvalue weighted by Gasteiger charge is -1.85. The highest BCUT2D eigenvalue weighted by Crippen LogP contribution is 1.83. The van der Waals surface area contributed by atoms with Gasteiger partial charge in [-0.05, 0) is 6.07 Å². The molecule has 0 saturated heterocycles. The molecule has 2 nitrogen and oxygen atoms in total. The fraction of sp³-hybridized carbons (Fsp3) is 0. The van der Waals surface area contributed by atoms with E-state index in [1.165, 1.54) is 4.68 Å². The van der Waals surface area contributed by atoms with Crippen molar-refractivity contribution in [3.63, 3.8) is 0 Å². The Balaban J connectivity index is 3.20. The van der Waals surface area contributed by atoms with Crippen LogP contribution in [-0.2, 0) is 0 Å². The van der Waals surface area contributed by atoms with E-state index in [1.54, 1.807) is 12.3 Å². The first-order chi connectivity index (χ1) is 4.34. The summed E-state index contributed by atoms with van der Waals surface area (Å²) >= 11 is 0. The van der Waals surface area contributed by atoms with Crippen LogP contribution in [0.3, 0.4) is 0 Å². The van der Waals surface area contributed by atoms with Crippen molar-refractivity contribution in [2.24, 2.45) is 0 Å². The molecule has 2 N–H and O–H groups in total. The van der Waals surface area contributed by atoms with E-state index < -0.39 is 0 Å². The molecule has 1 aromatic rings. The molecular weight excluding hydrogens is 112 g/mol. The molecule has 0 radical (unpaired) electrons. The minimum absolute atomic E-state index is 0.678. The van der Waals surface area contributed by atoms with Gasteiger partial charge in [0.2, 0.25) is 6.20 Å². The molecule has 0 unspecified atom stereocenters. The summed E-state index contributed by atoms with van der Waals surface area (Å²) in [4.78, 5) is 0. The van der Waals surface area contributed by atoms with E-state index in [4.69, 9.17) is 12.3 Å². The summed E-state index contributed by atoms with van der Waals surface area (Å²) in [7, 11) is 0. The van der Waals surface area contributed by atoms with Crippen LogP contribution in [0.5, 0.6) is 0 Å². The highest BCUT2D eigenvalue weighted by molar-refractivity contribution is 5.18. The van der Waals surface area contributed by atoms with E-state index >= 15 is 0 Å². The van der Waals surface area contributed by atoms with Gasteiger partial charge in [0.15, 0.2) is 0 Å². The molecule has 44 valence electrons. The third kappa shape index (κ3) is 1.000. The van der Waals surface area contributed by atoms with Crippen molar-refractivity contribution >= 4 is 0 Å². The molecule has 0 saturated carbocycles. The van der Waals surface area contributed by atoms with Gasteiger partial charge in [-0.2, -0.15) is 0 Å². The first kappa shape index (κ1) is 5.64. The predicted molar refractivity (Wildman–Crippen MR) is 34.7 cm³/mol. The topological polar surface area (TPSA) is 29.9 Å². The van der Waals surface area contributed by atoms with Crippen LogP contribution < -0.4 is 10.5 Å². The van der Waals surface area contributed by atoms with Gasteiger partial charge in [-0.1, -0.05) is 4.68 Å².